The Morgan fingerprint density at radius 2 is 1.84 bits per heavy atom. The molecule has 1 unspecified atom stereocenters. The van der Waals surface area contributed by atoms with Gasteiger partial charge in [0.2, 0.25) is 0 Å². The highest BCUT2D eigenvalue weighted by molar-refractivity contribution is 5.89. The van der Waals surface area contributed by atoms with Crippen molar-refractivity contribution in [3.05, 3.63) is 30.1 Å². The van der Waals surface area contributed by atoms with Crippen molar-refractivity contribution in [3.63, 3.8) is 0 Å². The zero-order valence-electron chi connectivity index (χ0n) is 12.9. The van der Waals surface area contributed by atoms with Gasteiger partial charge in [-0.1, -0.05) is 26.8 Å². The monoisotopic (exact) mass is 262 g/mol. The molecule has 3 heteroatoms. The maximum absolute atomic E-state index is 12.6. The molecule has 0 aromatic carbocycles. The molecule has 0 fully saturated rings. The van der Waals surface area contributed by atoms with Crippen molar-refractivity contribution in [3.8, 4) is 0 Å². The number of hydrogen-bond acceptors (Lipinski definition) is 3. The van der Waals surface area contributed by atoms with Gasteiger partial charge in [-0.3, -0.25) is 9.78 Å². The second-order valence-electron chi connectivity index (χ2n) is 7.09. The van der Waals surface area contributed by atoms with Gasteiger partial charge in [-0.05, 0) is 32.9 Å². The molecule has 1 N–H and O–H groups in total. The maximum Gasteiger partial charge on any atom is 0.155 e. The Morgan fingerprint density at radius 1 is 1.21 bits per heavy atom. The molecule has 19 heavy (non-hydrogen) atoms. The van der Waals surface area contributed by atoms with Crippen LogP contribution in [0.2, 0.25) is 0 Å². The lowest BCUT2D eigenvalue weighted by Gasteiger charge is -2.31. The molecule has 0 bridgehead atoms. The summed E-state index contributed by atoms with van der Waals surface area (Å²) in [6, 6.07) is 5.61. The molecule has 0 aliphatic heterocycles. The fraction of sp³-hybridized carbons (Fsp3) is 0.625. The lowest BCUT2D eigenvalue weighted by molar-refractivity contribution is -0.128. The fourth-order valence-electron chi connectivity index (χ4n) is 1.98. The Hall–Kier alpha value is -1.22. The molecular weight excluding hydrogens is 236 g/mol. The minimum Gasteiger partial charge on any atom is -0.302 e. The van der Waals surface area contributed by atoms with Gasteiger partial charge in [0.05, 0.1) is 6.04 Å². The molecule has 1 rings (SSSR count). The molecule has 0 radical (unpaired) electrons. The fourth-order valence-corrected chi connectivity index (χ4v) is 1.98. The highest BCUT2D eigenvalue weighted by Gasteiger charge is 2.32. The van der Waals surface area contributed by atoms with Crippen molar-refractivity contribution < 1.29 is 4.79 Å². The molecule has 0 aliphatic carbocycles. The van der Waals surface area contributed by atoms with E-state index in [0.29, 0.717) is 6.42 Å². The van der Waals surface area contributed by atoms with E-state index in [2.05, 4.69) is 31.1 Å². The van der Waals surface area contributed by atoms with Crippen molar-refractivity contribution >= 4 is 5.78 Å². The van der Waals surface area contributed by atoms with Crippen molar-refractivity contribution in [1.29, 1.82) is 0 Å². The Morgan fingerprint density at radius 3 is 2.26 bits per heavy atom. The molecule has 1 heterocycles. The van der Waals surface area contributed by atoms with E-state index in [1.807, 2.05) is 39.0 Å². The summed E-state index contributed by atoms with van der Waals surface area (Å²) >= 11 is 0. The second kappa shape index (κ2) is 5.83. The van der Waals surface area contributed by atoms with Crippen LogP contribution in [0, 0.1) is 5.41 Å². The number of aromatic nitrogens is 1. The number of rotatable bonds is 4. The van der Waals surface area contributed by atoms with Crippen LogP contribution in [-0.2, 0) is 11.2 Å². The molecule has 3 nitrogen and oxygen atoms in total. The number of Topliss-reactive ketones (excluding diaryl/α,β-unsaturated/α-hetero) is 1. The molecule has 0 saturated carbocycles. The van der Waals surface area contributed by atoms with Gasteiger partial charge in [-0.2, -0.15) is 0 Å². The third-order valence-corrected chi connectivity index (χ3v) is 2.80. The number of nitrogens with one attached hydrogen (secondary N) is 1. The molecule has 1 atom stereocenters. The second-order valence-corrected chi connectivity index (χ2v) is 7.09. The smallest absolute Gasteiger partial charge is 0.155 e. The van der Waals surface area contributed by atoms with Crippen LogP contribution in [0.3, 0.4) is 0 Å². The average Bonchev–Trinajstić information content (AvgIpc) is 2.25. The van der Waals surface area contributed by atoms with E-state index >= 15 is 0 Å². The topological polar surface area (TPSA) is 42.0 Å². The van der Waals surface area contributed by atoms with Gasteiger partial charge in [0.15, 0.2) is 5.78 Å². The van der Waals surface area contributed by atoms with Crippen LogP contribution < -0.4 is 5.32 Å². The van der Waals surface area contributed by atoms with Crippen molar-refractivity contribution in [2.24, 2.45) is 5.41 Å². The Kier molecular flexibility index (Phi) is 4.86. The first-order valence-electron chi connectivity index (χ1n) is 6.81. The van der Waals surface area contributed by atoms with E-state index in [-0.39, 0.29) is 22.8 Å². The van der Waals surface area contributed by atoms with Gasteiger partial charge < -0.3 is 5.32 Å². The highest BCUT2D eigenvalue weighted by atomic mass is 16.1. The summed E-state index contributed by atoms with van der Waals surface area (Å²) in [5.41, 5.74) is 0.500. The molecule has 0 spiro atoms. The largest absolute Gasteiger partial charge is 0.302 e. The third kappa shape index (κ3) is 5.52. The van der Waals surface area contributed by atoms with Crippen LogP contribution in [0.25, 0.3) is 0 Å². The van der Waals surface area contributed by atoms with E-state index in [0.717, 1.165) is 5.69 Å². The zero-order valence-corrected chi connectivity index (χ0v) is 12.9. The van der Waals surface area contributed by atoms with Gasteiger partial charge >= 0.3 is 0 Å². The van der Waals surface area contributed by atoms with Gasteiger partial charge in [0.1, 0.15) is 0 Å². The number of nitrogens with zero attached hydrogens (tertiary/aromatic N) is 1. The Balaban J connectivity index is 2.90. The van der Waals surface area contributed by atoms with Crippen molar-refractivity contribution in [2.75, 3.05) is 0 Å². The first-order valence-corrected chi connectivity index (χ1v) is 6.81. The third-order valence-electron chi connectivity index (χ3n) is 2.80. The predicted molar refractivity (Wildman–Crippen MR) is 79.1 cm³/mol. The van der Waals surface area contributed by atoms with Crippen LogP contribution in [0.1, 0.15) is 47.2 Å². The number of carbonyl (C=O) groups is 1. The summed E-state index contributed by atoms with van der Waals surface area (Å²) in [4.78, 5) is 16.9. The summed E-state index contributed by atoms with van der Waals surface area (Å²) in [6.07, 6.45) is 2.40. The summed E-state index contributed by atoms with van der Waals surface area (Å²) < 4.78 is 0. The summed E-state index contributed by atoms with van der Waals surface area (Å²) in [7, 11) is 0. The van der Waals surface area contributed by atoms with Crippen LogP contribution in [0.4, 0.5) is 0 Å². The van der Waals surface area contributed by atoms with E-state index in [9.17, 15) is 4.79 Å². The Labute approximate surface area is 116 Å². The van der Waals surface area contributed by atoms with Crippen LogP contribution in [-0.4, -0.2) is 22.3 Å². The molecular formula is C16H26N2O. The molecule has 0 amide bonds. The number of ketones is 1. The lowest BCUT2D eigenvalue weighted by atomic mass is 9.84. The summed E-state index contributed by atoms with van der Waals surface area (Å²) in [5, 5.41) is 3.42. The van der Waals surface area contributed by atoms with E-state index in [4.69, 9.17) is 0 Å². The van der Waals surface area contributed by atoms with E-state index < -0.39 is 0 Å². The molecule has 1 aromatic heterocycles. The summed E-state index contributed by atoms with van der Waals surface area (Å²) in [6.45, 7) is 12.1. The molecule has 1 aromatic rings. The SMILES string of the molecule is CC(C)(C)NC(Cc1ccccn1)C(=O)C(C)(C)C. The molecule has 0 saturated heterocycles. The van der Waals surface area contributed by atoms with Crippen molar-refractivity contribution in [2.45, 2.75) is 59.5 Å². The van der Waals surface area contributed by atoms with Crippen LogP contribution in [0.5, 0.6) is 0 Å². The first-order chi connectivity index (χ1) is 8.59. The standard InChI is InChI=1S/C16H26N2O/c1-15(2,3)14(19)13(18-16(4,5)6)11-12-9-7-8-10-17-12/h7-10,13,18H,11H2,1-6H3. The summed E-state index contributed by atoms with van der Waals surface area (Å²) in [5.74, 6) is 0.230. The van der Waals surface area contributed by atoms with Crippen LogP contribution >= 0.6 is 0 Å². The van der Waals surface area contributed by atoms with E-state index in [1.54, 1.807) is 6.20 Å². The Bertz CT molecular complexity index is 413. The molecule has 0 aliphatic rings. The maximum atomic E-state index is 12.6. The minimum atomic E-state index is -0.350. The van der Waals surface area contributed by atoms with Crippen LogP contribution in [0.15, 0.2) is 24.4 Å². The first kappa shape index (κ1) is 15.8. The normalized spacial score (nSPS) is 14.2. The lowest BCUT2D eigenvalue weighted by Crippen LogP contribution is -2.52. The number of carbonyl (C=O) groups excluding carboxylic acids is 1. The van der Waals surface area contributed by atoms with Gasteiger partial charge in [-0.15, -0.1) is 0 Å². The number of pyridine rings is 1. The minimum absolute atomic E-state index is 0.0969. The van der Waals surface area contributed by atoms with E-state index in [1.165, 1.54) is 0 Å². The van der Waals surface area contributed by atoms with Gasteiger partial charge in [0, 0.05) is 29.3 Å². The van der Waals surface area contributed by atoms with Crippen molar-refractivity contribution in [1.82, 2.24) is 10.3 Å². The van der Waals surface area contributed by atoms with Gasteiger partial charge in [-0.25, -0.2) is 0 Å². The zero-order chi connectivity index (χ0) is 14.7. The number of hydrogen-bond donors (Lipinski definition) is 1. The molecule has 106 valence electrons. The average molecular weight is 262 g/mol. The highest BCUT2D eigenvalue weighted by Crippen LogP contribution is 2.20. The predicted octanol–water partition coefficient (Wildman–Crippen LogP) is 3.00. The quantitative estimate of drug-likeness (QED) is 0.907. The van der Waals surface area contributed by atoms with Gasteiger partial charge in [0.25, 0.3) is 0 Å².